The Morgan fingerprint density at radius 2 is 1.62 bits per heavy atom. The summed E-state index contributed by atoms with van der Waals surface area (Å²) in [5.41, 5.74) is 4.13. The maximum absolute atomic E-state index is 12.5. The zero-order chi connectivity index (χ0) is 18.9. The van der Waals surface area contributed by atoms with Gasteiger partial charge in [-0.3, -0.25) is 9.82 Å². The summed E-state index contributed by atoms with van der Waals surface area (Å²) in [5.74, 6) is 0.655. The maximum atomic E-state index is 12.5. The van der Waals surface area contributed by atoms with Crippen LogP contribution in [0, 0.1) is 27.7 Å². The average Bonchev–Trinajstić information content (AvgIpc) is 2.92. The van der Waals surface area contributed by atoms with Crippen LogP contribution < -0.4 is 10.0 Å². The lowest BCUT2D eigenvalue weighted by Crippen LogP contribution is -2.16. The van der Waals surface area contributed by atoms with E-state index in [1.165, 1.54) is 5.56 Å². The summed E-state index contributed by atoms with van der Waals surface area (Å²) in [7, 11) is -3.78. The van der Waals surface area contributed by atoms with Crippen molar-refractivity contribution in [2.24, 2.45) is 0 Å². The maximum Gasteiger partial charge on any atom is 0.266 e. The summed E-state index contributed by atoms with van der Waals surface area (Å²) in [6.45, 7) is 7.35. The average molecular weight is 372 g/mol. The molecule has 0 aliphatic heterocycles. The first kappa shape index (κ1) is 17.9. The quantitative estimate of drug-likeness (QED) is 0.635. The molecule has 0 radical (unpaired) electrons. The number of nitrogens with one attached hydrogen (secondary N) is 3. The number of hydrogen-bond donors (Lipinski definition) is 3. The van der Waals surface area contributed by atoms with E-state index in [0.717, 1.165) is 11.3 Å². The van der Waals surface area contributed by atoms with Crippen LogP contribution in [0.4, 0.5) is 17.3 Å². The highest BCUT2D eigenvalue weighted by atomic mass is 32.2. The van der Waals surface area contributed by atoms with Crippen LogP contribution >= 0.6 is 0 Å². The van der Waals surface area contributed by atoms with E-state index in [1.54, 1.807) is 26.0 Å². The lowest BCUT2D eigenvalue weighted by atomic mass is 10.1. The van der Waals surface area contributed by atoms with Gasteiger partial charge in [0.1, 0.15) is 4.90 Å². The van der Waals surface area contributed by atoms with Gasteiger partial charge in [-0.15, -0.1) is 10.2 Å². The first-order valence-electron chi connectivity index (χ1n) is 7.98. The third kappa shape index (κ3) is 3.67. The van der Waals surface area contributed by atoms with Gasteiger partial charge in [0.15, 0.2) is 11.6 Å². The summed E-state index contributed by atoms with van der Waals surface area (Å²) >= 11 is 0. The molecule has 26 heavy (non-hydrogen) atoms. The molecule has 3 rings (SSSR count). The monoisotopic (exact) mass is 372 g/mol. The van der Waals surface area contributed by atoms with Crippen molar-refractivity contribution in [1.29, 1.82) is 0 Å². The third-order valence-electron chi connectivity index (χ3n) is 4.01. The van der Waals surface area contributed by atoms with Gasteiger partial charge in [0.2, 0.25) is 0 Å². The number of aromatic amines is 1. The zero-order valence-corrected chi connectivity index (χ0v) is 15.8. The van der Waals surface area contributed by atoms with Gasteiger partial charge in [-0.2, -0.15) is 5.10 Å². The van der Waals surface area contributed by atoms with Crippen molar-refractivity contribution in [3.63, 3.8) is 0 Å². The Morgan fingerprint density at radius 3 is 2.19 bits per heavy atom. The number of rotatable bonds is 5. The minimum Gasteiger partial charge on any atom is -0.339 e. The van der Waals surface area contributed by atoms with E-state index < -0.39 is 10.0 Å². The SMILES string of the molecule is Cc1ccc(Nc2ccc(NS(=O)(=O)c3c(C)n[nH]c3C)nn2)cc1C. The molecule has 2 heterocycles. The molecule has 3 N–H and O–H groups in total. The van der Waals surface area contributed by atoms with Gasteiger partial charge in [0.05, 0.1) is 11.4 Å². The van der Waals surface area contributed by atoms with Gasteiger partial charge in [-0.1, -0.05) is 6.07 Å². The lowest BCUT2D eigenvalue weighted by Gasteiger charge is -2.09. The van der Waals surface area contributed by atoms with Crippen molar-refractivity contribution < 1.29 is 8.42 Å². The molecule has 0 amide bonds. The number of benzene rings is 1. The number of hydrogen-bond acceptors (Lipinski definition) is 6. The lowest BCUT2D eigenvalue weighted by molar-refractivity contribution is 0.600. The molecule has 8 nitrogen and oxygen atoms in total. The fourth-order valence-electron chi connectivity index (χ4n) is 2.55. The molecule has 0 bridgehead atoms. The van der Waals surface area contributed by atoms with Crippen molar-refractivity contribution >= 4 is 27.3 Å². The minimum atomic E-state index is -3.78. The molecule has 0 unspecified atom stereocenters. The Hall–Kier alpha value is -2.94. The Bertz CT molecular complexity index is 1020. The van der Waals surface area contributed by atoms with Gasteiger partial charge < -0.3 is 5.32 Å². The smallest absolute Gasteiger partial charge is 0.266 e. The molecular weight excluding hydrogens is 352 g/mol. The number of nitrogens with zero attached hydrogens (tertiary/aromatic N) is 3. The minimum absolute atomic E-state index is 0.122. The highest BCUT2D eigenvalue weighted by Crippen LogP contribution is 2.21. The predicted molar refractivity (Wildman–Crippen MR) is 100 cm³/mol. The highest BCUT2D eigenvalue weighted by molar-refractivity contribution is 7.92. The fraction of sp³-hybridized carbons (Fsp3) is 0.235. The van der Waals surface area contributed by atoms with E-state index in [4.69, 9.17) is 0 Å². The topological polar surface area (TPSA) is 113 Å². The summed E-state index contributed by atoms with van der Waals surface area (Å²) < 4.78 is 27.4. The van der Waals surface area contributed by atoms with Crippen molar-refractivity contribution in [1.82, 2.24) is 20.4 Å². The van der Waals surface area contributed by atoms with E-state index in [-0.39, 0.29) is 10.7 Å². The molecule has 0 spiro atoms. The molecular formula is C17H20N6O2S. The van der Waals surface area contributed by atoms with Gasteiger partial charge in [-0.05, 0) is 63.1 Å². The van der Waals surface area contributed by atoms with Gasteiger partial charge in [0, 0.05) is 5.69 Å². The van der Waals surface area contributed by atoms with Crippen LogP contribution in [-0.2, 0) is 10.0 Å². The van der Waals surface area contributed by atoms with E-state index in [0.29, 0.717) is 17.2 Å². The first-order valence-corrected chi connectivity index (χ1v) is 9.47. The molecule has 0 saturated heterocycles. The second kappa shape index (κ2) is 6.75. The summed E-state index contributed by atoms with van der Waals surface area (Å²) in [5, 5.41) is 17.7. The molecule has 0 aliphatic carbocycles. The Kier molecular flexibility index (Phi) is 4.64. The second-order valence-corrected chi connectivity index (χ2v) is 7.72. The summed E-state index contributed by atoms with van der Waals surface area (Å²) in [6, 6.07) is 9.19. The highest BCUT2D eigenvalue weighted by Gasteiger charge is 2.22. The van der Waals surface area contributed by atoms with E-state index in [1.807, 2.05) is 32.0 Å². The molecule has 0 atom stereocenters. The van der Waals surface area contributed by atoms with Crippen LogP contribution in [0.15, 0.2) is 35.2 Å². The zero-order valence-electron chi connectivity index (χ0n) is 15.0. The number of anilines is 3. The Labute approximate surface area is 152 Å². The van der Waals surface area contributed by atoms with Gasteiger partial charge in [0.25, 0.3) is 10.0 Å². The van der Waals surface area contributed by atoms with Gasteiger partial charge in [-0.25, -0.2) is 8.42 Å². The van der Waals surface area contributed by atoms with Crippen molar-refractivity contribution in [2.45, 2.75) is 32.6 Å². The first-order chi connectivity index (χ1) is 12.3. The predicted octanol–water partition coefficient (Wildman–Crippen LogP) is 2.98. The van der Waals surface area contributed by atoms with Crippen molar-refractivity contribution in [3.8, 4) is 0 Å². The second-order valence-electron chi connectivity index (χ2n) is 6.10. The molecule has 9 heteroatoms. The number of sulfonamides is 1. The molecule has 0 saturated carbocycles. The molecule has 1 aromatic carbocycles. The van der Waals surface area contributed by atoms with Crippen LogP contribution in [0.25, 0.3) is 0 Å². The molecule has 2 aromatic heterocycles. The van der Waals surface area contributed by atoms with Crippen molar-refractivity contribution in [3.05, 3.63) is 52.8 Å². The third-order valence-corrected chi connectivity index (χ3v) is 5.63. The number of aromatic nitrogens is 4. The number of H-pyrrole nitrogens is 1. The van der Waals surface area contributed by atoms with Gasteiger partial charge >= 0.3 is 0 Å². The molecule has 0 aliphatic rings. The van der Waals surface area contributed by atoms with Crippen LogP contribution in [0.5, 0.6) is 0 Å². The van der Waals surface area contributed by atoms with E-state index in [2.05, 4.69) is 30.4 Å². The van der Waals surface area contributed by atoms with Crippen molar-refractivity contribution in [2.75, 3.05) is 10.0 Å². The van der Waals surface area contributed by atoms with E-state index in [9.17, 15) is 8.42 Å². The normalized spacial score (nSPS) is 11.4. The largest absolute Gasteiger partial charge is 0.339 e. The molecule has 136 valence electrons. The van der Waals surface area contributed by atoms with Crippen LogP contribution in [0.2, 0.25) is 0 Å². The standard InChI is InChI=1S/C17H20N6O2S/c1-10-5-6-14(9-11(10)2)18-15-7-8-16(22-21-15)23-26(24,25)17-12(3)19-20-13(17)4/h5-9H,1-4H3,(H,18,21)(H,19,20)(H,22,23). The molecule has 0 fully saturated rings. The fourth-order valence-corrected chi connectivity index (χ4v) is 3.92. The molecule has 3 aromatic rings. The van der Waals surface area contributed by atoms with E-state index >= 15 is 0 Å². The van der Waals surface area contributed by atoms with Crippen LogP contribution in [-0.4, -0.2) is 28.8 Å². The Balaban J connectivity index is 1.76. The summed E-state index contributed by atoms with van der Waals surface area (Å²) in [6.07, 6.45) is 0. The summed E-state index contributed by atoms with van der Waals surface area (Å²) in [4.78, 5) is 0.122. The van der Waals surface area contributed by atoms with Crippen LogP contribution in [0.3, 0.4) is 0 Å². The number of aryl methyl sites for hydroxylation is 4. The Morgan fingerprint density at radius 1 is 0.923 bits per heavy atom. The van der Waals surface area contributed by atoms with Crippen LogP contribution in [0.1, 0.15) is 22.5 Å².